The Bertz CT molecular complexity index is 1770. The third-order valence-corrected chi connectivity index (χ3v) is 12.0. The van der Waals surface area contributed by atoms with Crippen LogP contribution in [-0.2, 0) is 31.1 Å². The van der Waals surface area contributed by atoms with Gasteiger partial charge in [-0.15, -0.1) is 0 Å². The van der Waals surface area contributed by atoms with Crippen LogP contribution in [0.4, 0.5) is 4.39 Å². The van der Waals surface area contributed by atoms with E-state index in [0.717, 1.165) is 62.2 Å². The van der Waals surface area contributed by atoms with Crippen molar-refractivity contribution >= 4 is 13.9 Å². The first-order chi connectivity index (χ1) is 24.5. The molecule has 0 radical (unpaired) electrons. The molecule has 2 unspecified atom stereocenters. The van der Waals surface area contributed by atoms with Gasteiger partial charge in [0.1, 0.15) is 18.2 Å². The molecule has 50 heavy (non-hydrogen) atoms. The minimum atomic E-state index is -0.201. The summed E-state index contributed by atoms with van der Waals surface area (Å²) in [7, 11) is 0.476. The molecule has 2 nitrogen and oxygen atoms in total. The topological polar surface area (TPSA) is 12.5 Å². The maximum atomic E-state index is 14.9. The quantitative estimate of drug-likeness (QED) is 0.0757. The highest BCUT2D eigenvalue weighted by Gasteiger charge is 2.33. The van der Waals surface area contributed by atoms with E-state index in [4.69, 9.17) is 4.74 Å². The fourth-order valence-corrected chi connectivity index (χ4v) is 9.10. The predicted octanol–water partition coefficient (Wildman–Crippen LogP) is 11.4. The Kier molecular flexibility index (Phi) is 12.9. The summed E-state index contributed by atoms with van der Waals surface area (Å²) in [4.78, 5) is 2.52. The van der Waals surface area contributed by atoms with Gasteiger partial charge in [-0.1, -0.05) is 157 Å². The lowest BCUT2D eigenvalue weighted by Crippen LogP contribution is -2.31. The van der Waals surface area contributed by atoms with Crippen molar-refractivity contribution in [1.82, 2.24) is 4.90 Å². The molecule has 4 heteroatoms. The van der Waals surface area contributed by atoms with Crippen LogP contribution in [0.2, 0.25) is 0 Å². The summed E-state index contributed by atoms with van der Waals surface area (Å²) in [6.45, 7) is 8.25. The Labute approximate surface area is 301 Å². The van der Waals surface area contributed by atoms with Gasteiger partial charge < -0.3 is 4.74 Å². The van der Waals surface area contributed by atoms with E-state index in [2.05, 4.69) is 128 Å². The average molecular weight is 686 g/mol. The maximum Gasteiger partial charge on any atom is 0.127 e. The highest BCUT2D eigenvalue weighted by molar-refractivity contribution is 7.48. The number of unbranched alkanes of at least 4 members (excludes halogenated alkanes) is 2. The van der Waals surface area contributed by atoms with Crippen molar-refractivity contribution in [1.29, 1.82) is 0 Å². The van der Waals surface area contributed by atoms with Crippen LogP contribution in [0, 0.1) is 5.82 Å². The summed E-state index contributed by atoms with van der Waals surface area (Å²) >= 11 is 0. The molecule has 0 saturated carbocycles. The average Bonchev–Trinajstić information content (AvgIpc) is 3.14. The first kappa shape index (κ1) is 36.0. The standard InChI is InChI=1S/C46H53FNOP/c1-3-4-15-26-46(2,50-44-25-24-42(47)33-41(44)34-48-27-16-8-17-28-48)43-32-39(29-36-18-9-5-10-19-36)31-40(30-37-20-11-6-12-21-37)45(43)49-35-38-22-13-7-14-23-38/h5-7,9-14,18-25,31-33,50H,3-4,8,15-17,26-30,34-35H2,1-2H3. The second-order valence-corrected chi connectivity index (χ2v) is 16.2. The molecule has 0 aliphatic carbocycles. The largest absolute Gasteiger partial charge is 0.488 e. The van der Waals surface area contributed by atoms with E-state index in [-0.39, 0.29) is 11.0 Å². The van der Waals surface area contributed by atoms with E-state index in [9.17, 15) is 4.39 Å². The Morgan fingerprint density at radius 3 is 1.98 bits per heavy atom. The number of benzene rings is 5. The number of nitrogens with zero attached hydrogens (tertiary/aromatic N) is 1. The van der Waals surface area contributed by atoms with E-state index in [1.165, 1.54) is 65.2 Å². The zero-order valence-electron chi connectivity index (χ0n) is 30.0. The van der Waals surface area contributed by atoms with Crippen LogP contribution < -0.4 is 10.0 Å². The molecule has 0 aromatic heterocycles. The monoisotopic (exact) mass is 685 g/mol. The van der Waals surface area contributed by atoms with Crippen LogP contribution in [0.25, 0.3) is 0 Å². The summed E-state index contributed by atoms with van der Waals surface area (Å²) in [5.41, 5.74) is 8.71. The first-order valence-electron chi connectivity index (χ1n) is 18.7. The van der Waals surface area contributed by atoms with Gasteiger partial charge in [0, 0.05) is 23.7 Å². The lowest BCUT2D eigenvalue weighted by Gasteiger charge is -2.35. The smallest absolute Gasteiger partial charge is 0.127 e. The van der Waals surface area contributed by atoms with Crippen molar-refractivity contribution in [2.75, 3.05) is 13.1 Å². The Hall–Kier alpha value is -3.78. The fraction of sp³-hybridized carbons (Fsp3) is 0.348. The first-order valence-corrected chi connectivity index (χ1v) is 19.7. The van der Waals surface area contributed by atoms with E-state index >= 15 is 0 Å². The van der Waals surface area contributed by atoms with Gasteiger partial charge in [-0.3, -0.25) is 4.90 Å². The molecule has 0 spiro atoms. The van der Waals surface area contributed by atoms with Gasteiger partial charge in [-0.25, -0.2) is 4.39 Å². The summed E-state index contributed by atoms with van der Waals surface area (Å²) in [5.74, 6) is 0.876. The zero-order chi connectivity index (χ0) is 34.6. The number of hydrogen-bond acceptors (Lipinski definition) is 2. The molecule has 1 heterocycles. The van der Waals surface area contributed by atoms with Crippen molar-refractivity contribution in [3.63, 3.8) is 0 Å². The molecule has 1 aliphatic rings. The fourth-order valence-electron chi connectivity index (χ4n) is 7.41. The Morgan fingerprint density at radius 2 is 1.32 bits per heavy atom. The zero-order valence-corrected chi connectivity index (χ0v) is 31.0. The molecule has 0 N–H and O–H groups in total. The van der Waals surface area contributed by atoms with Gasteiger partial charge in [0.25, 0.3) is 0 Å². The van der Waals surface area contributed by atoms with Crippen LogP contribution in [0.15, 0.2) is 121 Å². The molecule has 260 valence electrons. The number of halogens is 1. The van der Waals surface area contributed by atoms with Crippen molar-refractivity contribution in [2.45, 2.75) is 89.9 Å². The minimum absolute atomic E-state index is 0.139. The van der Waals surface area contributed by atoms with Crippen LogP contribution in [0.3, 0.4) is 0 Å². The third kappa shape index (κ3) is 9.93. The molecule has 6 rings (SSSR count). The molecule has 1 fully saturated rings. The number of ether oxygens (including phenoxy) is 1. The van der Waals surface area contributed by atoms with Gasteiger partial charge in [-0.05, 0) is 89.6 Å². The molecular formula is C46H53FNOP. The highest BCUT2D eigenvalue weighted by atomic mass is 31.1. The van der Waals surface area contributed by atoms with Gasteiger partial charge in [0.2, 0.25) is 0 Å². The lowest BCUT2D eigenvalue weighted by atomic mass is 9.87. The van der Waals surface area contributed by atoms with E-state index < -0.39 is 0 Å². The second-order valence-electron chi connectivity index (χ2n) is 14.3. The van der Waals surface area contributed by atoms with Crippen molar-refractivity contribution < 1.29 is 9.13 Å². The van der Waals surface area contributed by atoms with Crippen LogP contribution in [-0.4, -0.2) is 18.0 Å². The van der Waals surface area contributed by atoms with E-state index in [1.807, 2.05) is 6.07 Å². The second kappa shape index (κ2) is 17.9. The van der Waals surface area contributed by atoms with Crippen LogP contribution >= 0.6 is 8.58 Å². The highest BCUT2D eigenvalue weighted by Crippen LogP contribution is 2.51. The molecule has 1 aliphatic heterocycles. The number of rotatable bonds is 16. The summed E-state index contributed by atoms with van der Waals surface area (Å²) in [6, 6.07) is 42.5. The molecular weight excluding hydrogens is 632 g/mol. The molecule has 2 atom stereocenters. The van der Waals surface area contributed by atoms with Gasteiger partial charge >= 0.3 is 0 Å². The number of likely N-dealkylation sites (tertiary alicyclic amines) is 1. The molecule has 5 aromatic carbocycles. The van der Waals surface area contributed by atoms with Gasteiger partial charge in [0.05, 0.1) is 0 Å². The molecule has 5 aromatic rings. The number of piperidine rings is 1. The molecule has 1 saturated heterocycles. The Balaban J connectivity index is 1.48. The van der Waals surface area contributed by atoms with Crippen LogP contribution in [0.1, 0.15) is 97.7 Å². The minimum Gasteiger partial charge on any atom is -0.488 e. The third-order valence-electron chi connectivity index (χ3n) is 10.1. The predicted molar refractivity (Wildman–Crippen MR) is 211 cm³/mol. The van der Waals surface area contributed by atoms with Crippen molar-refractivity contribution in [3.8, 4) is 5.75 Å². The Morgan fingerprint density at radius 1 is 0.680 bits per heavy atom. The van der Waals surface area contributed by atoms with E-state index in [1.54, 1.807) is 6.07 Å². The number of hydrogen-bond donors (Lipinski definition) is 0. The van der Waals surface area contributed by atoms with Gasteiger partial charge in [-0.2, -0.15) is 0 Å². The lowest BCUT2D eigenvalue weighted by molar-refractivity contribution is 0.221. The van der Waals surface area contributed by atoms with Gasteiger partial charge in [0.15, 0.2) is 0 Å². The van der Waals surface area contributed by atoms with Crippen molar-refractivity contribution in [3.05, 3.63) is 166 Å². The molecule has 0 amide bonds. The van der Waals surface area contributed by atoms with Crippen LogP contribution in [0.5, 0.6) is 5.75 Å². The SMILES string of the molecule is CCCCCC(C)(Pc1ccc(F)cc1CN1CCCCC1)c1cc(Cc2ccccc2)cc(Cc2ccccc2)c1OCc1ccccc1. The van der Waals surface area contributed by atoms with Crippen molar-refractivity contribution in [2.24, 2.45) is 0 Å². The van der Waals surface area contributed by atoms with E-state index in [0.29, 0.717) is 15.2 Å². The summed E-state index contributed by atoms with van der Waals surface area (Å²) < 4.78 is 21.9. The molecule has 0 bridgehead atoms. The normalized spacial score (nSPS) is 14.9. The summed E-state index contributed by atoms with van der Waals surface area (Å²) in [6.07, 6.45) is 9.93. The summed E-state index contributed by atoms with van der Waals surface area (Å²) in [5, 5.41) is 1.08. The maximum absolute atomic E-state index is 14.9.